The highest BCUT2D eigenvalue weighted by Crippen LogP contribution is 2.43. The molecule has 0 aromatic heterocycles. The molecule has 3 nitrogen and oxygen atoms in total. The van der Waals surface area contributed by atoms with Crippen molar-refractivity contribution in [3.63, 3.8) is 0 Å². The largest absolute Gasteiger partial charge is 0.490 e. The third kappa shape index (κ3) is 4.23. The predicted molar refractivity (Wildman–Crippen MR) is 79.8 cm³/mol. The van der Waals surface area contributed by atoms with Crippen molar-refractivity contribution in [1.29, 1.82) is 0 Å². The highest BCUT2D eigenvalue weighted by Gasteiger charge is 2.38. The van der Waals surface area contributed by atoms with E-state index in [1.54, 1.807) is 11.1 Å². The number of hydrogen-bond donors (Lipinski definition) is 2. The number of nitrogens with one attached hydrogen (secondary N) is 1. The Morgan fingerprint density at radius 3 is 2.27 bits per heavy atom. The van der Waals surface area contributed by atoms with Gasteiger partial charge in [0.25, 0.3) is 0 Å². The molecule has 1 spiro atoms. The smallest absolute Gasteiger partial charge is 0.475 e. The maximum Gasteiger partial charge on any atom is 0.490 e. The Morgan fingerprint density at radius 1 is 1.18 bits per heavy atom. The van der Waals surface area contributed by atoms with Gasteiger partial charge in [0.1, 0.15) is 0 Å². The molecular weight excluding hydrogens is 363 g/mol. The Labute approximate surface area is 135 Å². The molecule has 2 N–H and O–H groups in total. The van der Waals surface area contributed by atoms with Gasteiger partial charge in [0.2, 0.25) is 0 Å². The van der Waals surface area contributed by atoms with Crippen molar-refractivity contribution in [3.05, 3.63) is 33.8 Å². The van der Waals surface area contributed by atoms with Crippen LogP contribution < -0.4 is 5.32 Å². The standard InChI is InChI=1S/C13H16BrN.C2HF3O2/c14-12-2-1-10-8-13(9-11(10)7-12)3-5-15-6-4-13;3-2(4,5)1(6)7/h1-2,7,15H,3-6,8-9H2;(H,6,7). The van der Waals surface area contributed by atoms with Gasteiger partial charge >= 0.3 is 12.1 Å². The van der Waals surface area contributed by atoms with Crippen LogP contribution in [-0.2, 0) is 17.6 Å². The second-order valence-corrected chi connectivity index (χ2v) is 6.74. The van der Waals surface area contributed by atoms with E-state index in [2.05, 4.69) is 39.4 Å². The van der Waals surface area contributed by atoms with Crippen molar-refractivity contribution < 1.29 is 23.1 Å². The van der Waals surface area contributed by atoms with E-state index in [9.17, 15) is 13.2 Å². The van der Waals surface area contributed by atoms with Gasteiger partial charge in [0, 0.05) is 4.47 Å². The van der Waals surface area contributed by atoms with Crippen LogP contribution in [0.2, 0.25) is 0 Å². The Bertz CT molecular complexity index is 554. The fourth-order valence-corrected chi connectivity index (χ4v) is 3.52. The van der Waals surface area contributed by atoms with E-state index in [-0.39, 0.29) is 0 Å². The van der Waals surface area contributed by atoms with Crippen LogP contribution in [-0.4, -0.2) is 30.3 Å². The molecule has 2 aliphatic rings. The molecule has 122 valence electrons. The molecule has 1 aromatic carbocycles. The molecule has 1 aliphatic carbocycles. The number of rotatable bonds is 0. The van der Waals surface area contributed by atoms with Crippen LogP contribution in [0.5, 0.6) is 0 Å². The monoisotopic (exact) mass is 379 g/mol. The molecule has 0 radical (unpaired) electrons. The topological polar surface area (TPSA) is 49.3 Å². The minimum Gasteiger partial charge on any atom is -0.475 e. The zero-order valence-electron chi connectivity index (χ0n) is 11.8. The lowest BCUT2D eigenvalue weighted by Crippen LogP contribution is -2.37. The molecule has 0 unspecified atom stereocenters. The molecule has 0 bridgehead atoms. The Balaban J connectivity index is 0.000000217. The summed E-state index contributed by atoms with van der Waals surface area (Å²) < 4.78 is 33.0. The van der Waals surface area contributed by atoms with E-state index in [0.717, 1.165) is 0 Å². The third-order valence-electron chi connectivity index (χ3n) is 4.21. The molecule has 3 rings (SSSR count). The van der Waals surface area contributed by atoms with E-state index in [0.29, 0.717) is 5.41 Å². The predicted octanol–water partition coefficient (Wildman–Crippen LogP) is 3.55. The summed E-state index contributed by atoms with van der Waals surface area (Å²) in [4.78, 5) is 8.90. The van der Waals surface area contributed by atoms with Crippen LogP contribution in [0.4, 0.5) is 13.2 Å². The highest BCUT2D eigenvalue weighted by atomic mass is 79.9. The van der Waals surface area contributed by atoms with Crippen LogP contribution in [0.1, 0.15) is 24.0 Å². The van der Waals surface area contributed by atoms with Gasteiger partial charge in [0.05, 0.1) is 0 Å². The number of piperidine rings is 1. The lowest BCUT2D eigenvalue weighted by Gasteiger charge is -2.33. The Morgan fingerprint density at radius 2 is 1.73 bits per heavy atom. The maximum atomic E-state index is 10.6. The number of carboxylic acids is 1. The fourth-order valence-electron chi connectivity index (χ4n) is 3.11. The minimum absolute atomic E-state index is 0.592. The molecule has 0 atom stereocenters. The molecule has 22 heavy (non-hydrogen) atoms. The van der Waals surface area contributed by atoms with Gasteiger partial charge in [-0.15, -0.1) is 0 Å². The van der Waals surface area contributed by atoms with Gasteiger partial charge in [-0.1, -0.05) is 22.0 Å². The molecule has 1 heterocycles. The van der Waals surface area contributed by atoms with Gasteiger partial charge in [-0.2, -0.15) is 13.2 Å². The van der Waals surface area contributed by atoms with Crippen LogP contribution in [0.25, 0.3) is 0 Å². The molecule has 0 saturated carbocycles. The first kappa shape index (κ1) is 17.3. The van der Waals surface area contributed by atoms with E-state index in [1.165, 1.54) is 43.2 Å². The van der Waals surface area contributed by atoms with Gasteiger partial charge < -0.3 is 10.4 Å². The molecular formula is C15H17BrF3NO2. The van der Waals surface area contributed by atoms with Crippen molar-refractivity contribution in [2.45, 2.75) is 31.9 Å². The van der Waals surface area contributed by atoms with Crippen LogP contribution in [0, 0.1) is 5.41 Å². The summed E-state index contributed by atoms with van der Waals surface area (Å²) in [5.74, 6) is -2.76. The molecule has 1 fully saturated rings. The average Bonchev–Trinajstić information content (AvgIpc) is 2.75. The third-order valence-corrected chi connectivity index (χ3v) is 4.70. The molecule has 1 aliphatic heterocycles. The van der Waals surface area contributed by atoms with Crippen molar-refractivity contribution in [2.75, 3.05) is 13.1 Å². The summed E-state index contributed by atoms with van der Waals surface area (Å²) in [5, 5.41) is 10.6. The van der Waals surface area contributed by atoms with E-state index in [1.807, 2.05) is 0 Å². The van der Waals surface area contributed by atoms with Gasteiger partial charge in [0.15, 0.2) is 0 Å². The summed E-state index contributed by atoms with van der Waals surface area (Å²) in [6.45, 7) is 2.41. The van der Waals surface area contributed by atoms with Gasteiger partial charge in [-0.3, -0.25) is 0 Å². The SMILES string of the molecule is Brc1ccc2c(c1)CC1(CCNCC1)C2.O=C(O)C(F)(F)F. The molecule has 0 amide bonds. The van der Waals surface area contributed by atoms with Crippen molar-refractivity contribution in [3.8, 4) is 0 Å². The Hall–Kier alpha value is -1.08. The quantitative estimate of drug-likeness (QED) is 0.724. The first-order chi connectivity index (χ1) is 10.2. The second-order valence-electron chi connectivity index (χ2n) is 5.82. The zero-order chi connectivity index (χ0) is 16.4. The number of benzene rings is 1. The van der Waals surface area contributed by atoms with E-state index >= 15 is 0 Å². The lowest BCUT2D eigenvalue weighted by atomic mass is 9.76. The molecule has 1 saturated heterocycles. The first-order valence-corrected chi connectivity index (χ1v) is 7.79. The average molecular weight is 380 g/mol. The molecule has 1 aromatic rings. The number of alkyl halides is 3. The minimum atomic E-state index is -5.08. The number of carbonyl (C=O) groups is 1. The van der Waals surface area contributed by atoms with Crippen LogP contribution in [0.3, 0.4) is 0 Å². The lowest BCUT2D eigenvalue weighted by molar-refractivity contribution is -0.192. The summed E-state index contributed by atoms with van der Waals surface area (Å²) >= 11 is 3.56. The summed E-state index contributed by atoms with van der Waals surface area (Å²) in [5.41, 5.74) is 3.75. The highest BCUT2D eigenvalue weighted by molar-refractivity contribution is 9.10. The zero-order valence-corrected chi connectivity index (χ0v) is 13.4. The normalized spacial score (nSPS) is 19.3. The Kier molecular flexibility index (Phi) is 5.17. The van der Waals surface area contributed by atoms with Crippen molar-refractivity contribution in [1.82, 2.24) is 5.32 Å². The van der Waals surface area contributed by atoms with Crippen molar-refractivity contribution >= 4 is 21.9 Å². The first-order valence-electron chi connectivity index (χ1n) is 7.00. The number of halogens is 4. The summed E-state index contributed by atoms with van der Waals surface area (Å²) in [6, 6.07) is 6.79. The number of carboxylic acid groups (broad SMARTS) is 1. The fraction of sp³-hybridized carbons (Fsp3) is 0.533. The number of hydrogen-bond acceptors (Lipinski definition) is 2. The number of aliphatic carboxylic acids is 1. The summed E-state index contributed by atoms with van der Waals surface area (Å²) in [6.07, 6.45) is 0.208. The van der Waals surface area contributed by atoms with E-state index in [4.69, 9.17) is 9.90 Å². The maximum absolute atomic E-state index is 10.6. The van der Waals surface area contributed by atoms with Crippen LogP contribution >= 0.6 is 15.9 Å². The van der Waals surface area contributed by atoms with Gasteiger partial charge in [-0.25, -0.2) is 4.79 Å². The number of fused-ring (bicyclic) bond motifs is 1. The van der Waals surface area contributed by atoms with Gasteiger partial charge in [-0.05, 0) is 67.4 Å². The van der Waals surface area contributed by atoms with Crippen LogP contribution in [0.15, 0.2) is 22.7 Å². The molecule has 7 heteroatoms. The second kappa shape index (κ2) is 6.58. The summed E-state index contributed by atoms with van der Waals surface area (Å²) in [7, 11) is 0. The van der Waals surface area contributed by atoms with Crippen molar-refractivity contribution in [2.24, 2.45) is 5.41 Å². The van der Waals surface area contributed by atoms with E-state index < -0.39 is 12.1 Å².